The maximum absolute atomic E-state index is 13.1. The molecular formula is C14H15FN2O. The van der Waals surface area contributed by atoms with Crippen LogP contribution in [0.1, 0.15) is 31.2 Å². The molecule has 2 aliphatic rings. The van der Waals surface area contributed by atoms with Crippen molar-refractivity contribution in [2.75, 3.05) is 0 Å². The Morgan fingerprint density at radius 1 is 1.39 bits per heavy atom. The lowest BCUT2D eigenvalue weighted by Crippen LogP contribution is -2.28. The summed E-state index contributed by atoms with van der Waals surface area (Å²) in [7, 11) is 0. The Balaban J connectivity index is 1.78. The van der Waals surface area contributed by atoms with Gasteiger partial charge in [-0.05, 0) is 37.0 Å². The second kappa shape index (κ2) is 4.52. The van der Waals surface area contributed by atoms with Crippen LogP contribution in [0.15, 0.2) is 29.4 Å². The zero-order chi connectivity index (χ0) is 12.5. The van der Waals surface area contributed by atoms with E-state index in [9.17, 15) is 9.18 Å². The summed E-state index contributed by atoms with van der Waals surface area (Å²) in [6, 6.07) is 6.33. The molecule has 1 aromatic rings. The lowest BCUT2D eigenvalue weighted by Gasteiger charge is -2.17. The van der Waals surface area contributed by atoms with Gasteiger partial charge in [0, 0.05) is 0 Å². The molecule has 1 atom stereocenters. The highest BCUT2D eigenvalue weighted by atomic mass is 19.1. The molecule has 0 bridgehead atoms. The molecule has 18 heavy (non-hydrogen) atoms. The number of rotatable bonds is 2. The normalized spacial score (nSPS) is 22.9. The van der Waals surface area contributed by atoms with Crippen LogP contribution >= 0.6 is 0 Å². The van der Waals surface area contributed by atoms with Crippen LogP contribution in [0.2, 0.25) is 0 Å². The first-order valence-electron chi connectivity index (χ1n) is 6.37. The number of carbonyl (C=O) groups excluding carboxylic acids is 1. The third-order valence-corrected chi connectivity index (χ3v) is 3.60. The molecule has 3 nitrogen and oxygen atoms in total. The second-order valence-electron chi connectivity index (χ2n) is 4.92. The topological polar surface area (TPSA) is 32.7 Å². The number of halogens is 1. The number of carbonyl (C=O) groups is 1. The third kappa shape index (κ3) is 2.03. The maximum Gasteiger partial charge on any atom is 0.251 e. The van der Waals surface area contributed by atoms with Gasteiger partial charge in [0.15, 0.2) is 0 Å². The van der Waals surface area contributed by atoms with Gasteiger partial charge in [-0.2, -0.15) is 5.10 Å². The zero-order valence-corrected chi connectivity index (χ0v) is 10.1. The first-order valence-corrected chi connectivity index (χ1v) is 6.37. The number of hydrazone groups is 1. The average molecular weight is 246 g/mol. The van der Waals surface area contributed by atoms with Gasteiger partial charge in [-0.1, -0.05) is 18.6 Å². The van der Waals surface area contributed by atoms with Gasteiger partial charge in [0.05, 0.1) is 18.2 Å². The van der Waals surface area contributed by atoms with Gasteiger partial charge in [-0.3, -0.25) is 4.79 Å². The summed E-state index contributed by atoms with van der Waals surface area (Å²) in [5.41, 5.74) is 1.80. The standard InChI is InChI=1S/C14H15FN2O/c15-11-5-3-4-10(8-11)9-17-14(18)12-6-1-2-7-13(12)16-17/h3-5,8,12H,1-2,6-7,9H2. The molecule has 1 fully saturated rings. The number of fused-ring (bicyclic) bond motifs is 1. The summed E-state index contributed by atoms with van der Waals surface area (Å²) in [5.74, 6) is -0.203. The van der Waals surface area contributed by atoms with Gasteiger partial charge in [0.1, 0.15) is 5.82 Å². The molecule has 1 amide bonds. The van der Waals surface area contributed by atoms with Crippen LogP contribution in [0.5, 0.6) is 0 Å². The Hall–Kier alpha value is -1.71. The van der Waals surface area contributed by atoms with Crippen molar-refractivity contribution >= 4 is 11.6 Å². The molecule has 1 saturated carbocycles. The van der Waals surface area contributed by atoms with Crippen molar-refractivity contribution in [1.29, 1.82) is 0 Å². The van der Waals surface area contributed by atoms with Crippen molar-refractivity contribution in [3.05, 3.63) is 35.6 Å². The number of nitrogens with zero attached hydrogens (tertiary/aromatic N) is 2. The van der Waals surface area contributed by atoms with E-state index in [1.165, 1.54) is 17.1 Å². The van der Waals surface area contributed by atoms with Crippen LogP contribution in [0, 0.1) is 11.7 Å². The van der Waals surface area contributed by atoms with Crippen LogP contribution in [-0.4, -0.2) is 16.6 Å². The molecule has 0 N–H and O–H groups in total. The Morgan fingerprint density at radius 3 is 3.06 bits per heavy atom. The lowest BCUT2D eigenvalue weighted by molar-refractivity contribution is -0.132. The van der Waals surface area contributed by atoms with Crippen molar-refractivity contribution in [3.8, 4) is 0 Å². The molecule has 3 rings (SSSR count). The Bertz CT molecular complexity index is 512. The Labute approximate surface area is 105 Å². The van der Waals surface area contributed by atoms with Gasteiger partial charge < -0.3 is 0 Å². The van der Waals surface area contributed by atoms with Crippen molar-refractivity contribution in [2.45, 2.75) is 32.2 Å². The highest BCUT2D eigenvalue weighted by molar-refractivity contribution is 6.08. The van der Waals surface area contributed by atoms with Crippen LogP contribution in [0.4, 0.5) is 4.39 Å². The van der Waals surface area contributed by atoms with Gasteiger partial charge in [-0.25, -0.2) is 9.40 Å². The van der Waals surface area contributed by atoms with E-state index < -0.39 is 0 Å². The van der Waals surface area contributed by atoms with Crippen LogP contribution in [0.3, 0.4) is 0 Å². The minimum Gasteiger partial charge on any atom is -0.272 e. The van der Waals surface area contributed by atoms with Gasteiger partial charge in [0.25, 0.3) is 5.91 Å². The van der Waals surface area contributed by atoms with E-state index in [1.54, 1.807) is 6.07 Å². The Kier molecular flexibility index (Phi) is 2.86. The Morgan fingerprint density at radius 2 is 2.28 bits per heavy atom. The summed E-state index contributed by atoms with van der Waals surface area (Å²) < 4.78 is 13.1. The molecule has 0 aromatic heterocycles. The van der Waals surface area contributed by atoms with E-state index in [-0.39, 0.29) is 17.6 Å². The van der Waals surface area contributed by atoms with Crippen molar-refractivity contribution < 1.29 is 9.18 Å². The highest BCUT2D eigenvalue weighted by Crippen LogP contribution is 2.29. The van der Waals surface area contributed by atoms with Gasteiger partial charge in [0.2, 0.25) is 0 Å². The molecule has 1 heterocycles. The maximum atomic E-state index is 13.1. The fourth-order valence-corrected chi connectivity index (χ4v) is 2.69. The number of hydrogen-bond donors (Lipinski definition) is 0. The summed E-state index contributed by atoms with van der Waals surface area (Å²) in [4.78, 5) is 12.1. The zero-order valence-electron chi connectivity index (χ0n) is 10.1. The monoisotopic (exact) mass is 246 g/mol. The number of hydrogen-bond acceptors (Lipinski definition) is 2. The van der Waals surface area contributed by atoms with Crippen LogP contribution in [0.25, 0.3) is 0 Å². The molecule has 1 unspecified atom stereocenters. The van der Waals surface area contributed by atoms with E-state index in [0.717, 1.165) is 37.0 Å². The number of benzene rings is 1. The summed E-state index contributed by atoms with van der Waals surface area (Å²) in [5, 5.41) is 5.89. The molecular weight excluding hydrogens is 231 g/mol. The highest BCUT2D eigenvalue weighted by Gasteiger charge is 2.36. The molecule has 1 aromatic carbocycles. The van der Waals surface area contributed by atoms with E-state index in [1.807, 2.05) is 6.07 Å². The van der Waals surface area contributed by atoms with E-state index in [4.69, 9.17) is 0 Å². The van der Waals surface area contributed by atoms with Crippen LogP contribution in [-0.2, 0) is 11.3 Å². The average Bonchev–Trinajstić information content (AvgIpc) is 2.67. The first-order chi connectivity index (χ1) is 8.74. The third-order valence-electron chi connectivity index (χ3n) is 3.60. The van der Waals surface area contributed by atoms with Crippen LogP contribution < -0.4 is 0 Å². The van der Waals surface area contributed by atoms with E-state index in [0.29, 0.717) is 6.54 Å². The SMILES string of the molecule is O=C1C2CCCCC2=NN1Cc1cccc(F)c1. The molecule has 1 aliphatic heterocycles. The second-order valence-corrected chi connectivity index (χ2v) is 4.92. The molecule has 0 spiro atoms. The summed E-state index contributed by atoms with van der Waals surface area (Å²) in [6.45, 7) is 0.372. The van der Waals surface area contributed by atoms with E-state index in [2.05, 4.69) is 5.10 Å². The summed E-state index contributed by atoms with van der Waals surface area (Å²) in [6.07, 6.45) is 4.06. The molecule has 1 aliphatic carbocycles. The van der Waals surface area contributed by atoms with Crippen molar-refractivity contribution in [1.82, 2.24) is 5.01 Å². The number of amides is 1. The lowest BCUT2D eigenvalue weighted by atomic mass is 9.87. The minimum atomic E-state index is -0.274. The minimum absolute atomic E-state index is 0.00712. The summed E-state index contributed by atoms with van der Waals surface area (Å²) >= 11 is 0. The fraction of sp³-hybridized carbons (Fsp3) is 0.429. The molecule has 0 radical (unpaired) electrons. The predicted octanol–water partition coefficient (Wildman–Crippen LogP) is 2.71. The van der Waals surface area contributed by atoms with Crippen molar-refractivity contribution in [3.63, 3.8) is 0 Å². The molecule has 94 valence electrons. The largest absolute Gasteiger partial charge is 0.272 e. The first kappa shape index (κ1) is 11.4. The van der Waals surface area contributed by atoms with Crippen molar-refractivity contribution in [2.24, 2.45) is 11.0 Å². The van der Waals surface area contributed by atoms with Gasteiger partial charge >= 0.3 is 0 Å². The van der Waals surface area contributed by atoms with Gasteiger partial charge in [-0.15, -0.1) is 0 Å². The fourth-order valence-electron chi connectivity index (χ4n) is 2.69. The van der Waals surface area contributed by atoms with E-state index >= 15 is 0 Å². The molecule has 0 saturated heterocycles. The smallest absolute Gasteiger partial charge is 0.251 e. The quantitative estimate of drug-likeness (QED) is 0.789. The molecule has 4 heteroatoms. The predicted molar refractivity (Wildman–Crippen MR) is 66.3 cm³/mol.